The van der Waals surface area contributed by atoms with Gasteiger partial charge >= 0.3 is 0 Å². The van der Waals surface area contributed by atoms with Gasteiger partial charge in [0.15, 0.2) is 0 Å². The van der Waals surface area contributed by atoms with Crippen LogP contribution in [0.5, 0.6) is 5.75 Å². The van der Waals surface area contributed by atoms with E-state index in [9.17, 15) is 4.79 Å². The highest BCUT2D eigenvalue weighted by Gasteiger charge is 2.27. The Morgan fingerprint density at radius 3 is 2.82 bits per heavy atom. The number of fused-ring (bicyclic) bond motifs is 1. The second kappa shape index (κ2) is 11.0. The molecule has 0 bridgehead atoms. The summed E-state index contributed by atoms with van der Waals surface area (Å²) in [5, 5.41) is 1.22. The first-order valence-corrected chi connectivity index (χ1v) is 12.4. The molecule has 0 radical (unpaired) electrons. The maximum atomic E-state index is 13.5. The van der Waals surface area contributed by atoms with Gasteiger partial charge in [0.2, 0.25) is 0 Å². The highest BCUT2D eigenvalue weighted by Crippen LogP contribution is 2.27. The van der Waals surface area contributed by atoms with Crippen LogP contribution in [0.15, 0.2) is 60.8 Å². The molecule has 1 atom stereocenters. The maximum Gasteiger partial charge on any atom is 0.257 e. The molecule has 2 aliphatic rings. The Bertz CT molecular complexity index is 1110. The summed E-state index contributed by atoms with van der Waals surface area (Å²) in [5.41, 5.74) is 3.02. The van der Waals surface area contributed by atoms with E-state index < -0.39 is 0 Å². The van der Waals surface area contributed by atoms with Crippen molar-refractivity contribution in [3.05, 3.63) is 71.9 Å². The van der Waals surface area contributed by atoms with Gasteiger partial charge in [-0.15, -0.1) is 0 Å². The Labute approximate surface area is 201 Å². The number of aromatic nitrogens is 1. The first kappa shape index (κ1) is 22.8. The zero-order valence-electron chi connectivity index (χ0n) is 19.7. The van der Waals surface area contributed by atoms with Gasteiger partial charge in [0.05, 0.1) is 24.3 Å². The minimum absolute atomic E-state index is 0.0752. The molecule has 0 spiro atoms. The van der Waals surface area contributed by atoms with Crippen LogP contribution in [0.3, 0.4) is 0 Å². The molecule has 2 saturated heterocycles. The average molecular weight is 460 g/mol. The normalized spacial score (nSPS) is 19.3. The molecule has 2 aliphatic heterocycles. The summed E-state index contributed by atoms with van der Waals surface area (Å²) in [6.45, 7) is 6.42. The topological polar surface area (TPSA) is 54.9 Å². The summed E-state index contributed by atoms with van der Waals surface area (Å²) in [5.74, 6) is 1.20. The van der Waals surface area contributed by atoms with E-state index in [4.69, 9.17) is 9.47 Å². The van der Waals surface area contributed by atoms with Crippen LogP contribution in [0.2, 0.25) is 0 Å². The fourth-order valence-electron chi connectivity index (χ4n) is 5.12. The number of rotatable bonds is 7. The van der Waals surface area contributed by atoms with Gasteiger partial charge in [0.25, 0.3) is 5.91 Å². The Morgan fingerprint density at radius 2 is 1.91 bits per heavy atom. The summed E-state index contributed by atoms with van der Waals surface area (Å²) in [6.07, 6.45) is 4.97. The van der Waals surface area contributed by atoms with Gasteiger partial charge < -0.3 is 14.4 Å². The lowest BCUT2D eigenvalue weighted by Gasteiger charge is -2.33. The Morgan fingerprint density at radius 1 is 1.03 bits per heavy atom. The highest BCUT2D eigenvalue weighted by molar-refractivity contribution is 5.97. The van der Waals surface area contributed by atoms with Crippen molar-refractivity contribution in [2.45, 2.75) is 19.3 Å². The van der Waals surface area contributed by atoms with E-state index in [1.54, 1.807) is 0 Å². The second-order valence-corrected chi connectivity index (χ2v) is 9.25. The van der Waals surface area contributed by atoms with Crippen LogP contribution in [0.1, 0.15) is 28.8 Å². The van der Waals surface area contributed by atoms with Crippen molar-refractivity contribution in [3.63, 3.8) is 0 Å². The minimum Gasteiger partial charge on any atom is -0.491 e. The third-order valence-electron chi connectivity index (χ3n) is 6.94. The van der Waals surface area contributed by atoms with Crippen molar-refractivity contribution in [2.75, 3.05) is 52.5 Å². The number of hydrogen-bond donors (Lipinski definition) is 0. The molecule has 34 heavy (non-hydrogen) atoms. The van der Waals surface area contributed by atoms with Crippen molar-refractivity contribution in [1.82, 2.24) is 14.8 Å². The highest BCUT2D eigenvalue weighted by atomic mass is 16.5. The molecule has 5 rings (SSSR count). The zero-order valence-corrected chi connectivity index (χ0v) is 19.7. The summed E-state index contributed by atoms with van der Waals surface area (Å²) < 4.78 is 11.5. The summed E-state index contributed by atoms with van der Waals surface area (Å²) in [7, 11) is 0. The molecule has 2 fully saturated rings. The van der Waals surface area contributed by atoms with Gasteiger partial charge in [-0.05, 0) is 55.0 Å². The number of carbonyl (C=O) groups excluding carboxylic acids is 1. The SMILES string of the molecule is O=C(c1ccccc1OCCN1CCOCC1)N1CCC[C@@H](Cc2cccc3ncccc23)C1. The number of amides is 1. The molecule has 0 aliphatic carbocycles. The van der Waals surface area contributed by atoms with E-state index in [0.29, 0.717) is 23.8 Å². The summed E-state index contributed by atoms with van der Waals surface area (Å²) in [6, 6.07) is 18.2. The van der Waals surface area contributed by atoms with Crippen LogP contribution < -0.4 is 4.74 Å². The van der Waals surface area contributed by atoms with Gasteiger partial charge in [-0.2, -0.15) is 0 Å². The number of likely N-dealkylation sites (tertiary alicyclic amines) is 1. The Hall–Kier alpha value is -2.96. The smallest absolute Gasteiger partial charge is 0.257 e. The predicted molar refractivity (Wildman–Crippen MR) is 133 cm³/mol. The van der Waals surface area contributed by atoms with Crippen molar-refractivity contribution >= 4 is 16.8 Å². The Balaban J connectivity index is 1.23. The second-order valence-electron chi connectivity index (χ2n) is 9.25. The molecule has 1 amide bonds. The number of benzene rings is 2. The first-order valence-electron chi connectivity index (χ1n) is 12.4. The molecule has 3 heterocycles. The van der Waals surface area contributed by atoms with Crippen LogP contribution in [0.4, 0.5) is 0 Å². The van der Waals surface area contributed by atoms with E-state index in [0.717, 1.165) is 70.7 Å². The van der Waals surface area contributed by atoms with Crippen molar-refractivity contribution in [1.29, 1.82) is 0 Å². The predicted octanol–water partition coefficient (Wildman–Crippen LogP) is 4.04. The van der Waals surface area contributed by atoms with Crippen molar-refractivity contribution in [2.24, 2.45) is 5.92 Å². The maximum absolute atomic E-state index is 13.5. The van der Waals surface area contributed by atoms with Crippen molar-refractivity contribution < 1.29 is 14.3 Å². The zero-order chi connectivity index (χ0) is 23.2. The van der Waals surface area contributed by atoms with Gasteiger partial charge in [-0.3, -0.25) is 14.7 Å². The van der Waals surface area contributed by atoms with E-state index in [-0.39, 0.29) is 5.91 Å². The fraction of sp³-hybridized carbons (Fsp3) is 0.429. The van der Waals surface area contributed by atoms with Gasteiger partial charge in [-0.1, -0.05) is 30.3 Å². The van der Waals surface area contributed by atoms with Crippen LogP contribution >= 0.6 is 0 Å². The number of ether oxygens (including phenoxy) is 2. The molecule has 0 saturated carbocycles. The van der Waals surface area contributed by atoms with E-state index in [1.165, 1.54) is 10.9 Å². The lowest BCUT2D eigenvalue weighted by molar-refractivity contribution is 0.0321. The summed E-state index contributed by atoms with van der Waals surface area (Å²) >= 11 is 0. The van der Waals surface area contributed by atoms with E-state index >= 15 is 0 Å². The molecule has 2 aromatic carbocycles. The van der Waals surface area contributed by atoms with Crippen LogP contribution in [-0.2, 0) is 11.2 Å². The molecule has 6 nitrogen and oxygen atoms in total. The van der Waals surface area contributed by atoms with Gasteiger partial charge in [-0.25, -0.2) is 0 Å². The quantitative estimate of drug-likeness (QED) is 0.534. The molecule has 178 valence electrons. The average Bonchev–Trinajstić information content (AvgIpc) is 2.90. The first-order chi connectivity index (χ1) is 16.8. The van der Waals surface area contributed by atoms with Crippen LogP contribution in [-0.4, -0.2) is 73.2 Å². The monoisotopic (exact) mass is 459 g/mol. The molecular formula is C28H33N3O3. The standard InChI is InChI=1S/C28H33N3O3/c32-28(25-8-1-2-11-27(25)34-19-16-30-14-17-33-18-15-30)31-13-5-6-22(21-31)20-23-7-3-10-26-24(23)9-4-12-29-26/h1-4,7-12,22H,5-6,13-21H2/t22-/m0/s1. The molecule has 6 heteroatoms. The minimum atomic E-state index is 0.0752. The molecule has 1 aromatic heterocycles. The Kier molecular flexibility index (Phi) is 7.37. The number of morpholine rings is 1. The number of carbonyl (C=O) groups is 1. The van der Waals surface area contributed by atoms with Crippen molar-refractivity contribution in [3.8, 4) is 5.75 Å². The number of piperidine rings is 1. The lowest BCUT2D eigenvalue weighted by Crippen LogP contribution is -2.41. The van der Waals surface area contributed by atoms with E-state index in [1.807, 2.05) is 41.4 Å². The van der Waals surface area contributed by atoms with Gasteiger partial charge in [0.1, 0.15) is 12.4 Å². The van der Waals surface area contributed by atoms with Gasteiger partial charge in [0, 0.05) is 44.3 Å². The van der Waals surface area contributed by atoms with Crippen LogP contribution in [0.25, 0.3) is 10.9 Å². The largest absolute Gasteiger partial charge is 0.491 e. The number of para-hydroxylation sites is 1. The lowest BCUT2D eigenvalue weighted by atomic mass is 9.89. The molecule has 0 unspecified atom stereocenters. The summed E-state index contributed by atoms with van der Waals surface area (Å²) in [4.78, 5) is 22.4. The van der Waals surface area contributed by atoms with Crippen LogP contribution in [0, 0.1) is 5.92 Å². The third kappa shape index (κ3) is 5.40. The number of nitrogens with zero attached hydrogens (tertiary/aromatic N) is 3. The number of hydrogen-bond acceptors (Lipinski definition) is 5. The van der Waals surface area contributed by atoms with E-state index in [2.05, 4.69) is 34.1 Å². The molecule has 0 N–H and O–H groups in total. The number of pyridine rings is 1. The third-order valence-corrected chi connectivity index (χ3v) is 6.94. The molecule has 3 aromatic rings. The molecular weight excluding hydrogens is 426 g/mol. The fourth-order valence-corrected chi connectivity index (χ4v) is 5.12.